The van der Waals surface area contributed by atoms with Gasteiger partial charge in [0, 0.05) is 34.1 Å². The van der Waals surface area contributed by atoms with Crippen LogP contribution in [0, 0.1) is 0 Å². The Balaban J connectivity index is 0.969. The molecule has 9 rings (SSSR count). The van der Waals surface area contributed by atoms with Gasteiger partial charge < -0.3 is 9.80 Å². The largest absolute Gasteiger partial charge is 0.311 e. The summed E-state index contributed by atoms with van der Waals surface area (Å²) in [6.07, 6.45) is 0. The van der Waals surface area contributed by atoms with Gasteiger partial charge in [-0.05, 0) is 117 Å². The minimum atomic E-state index is -1.43. The van der Waals surface area contributed by atoms with E-state index in [0.29, 0.717) is 0 Å². The molecule has 0 aromatic heterocycles. The van der Waals surface area contributed by atoms with Crippen LogP contribution in [0.25, 0.3) is 44.5 Å². The molecule has 0 radical (unpaired) electrons. The highest BCUT2D eigenvalue weighted by Gasteiger charge is 2.19. The van der Waals surface area contributed by atoms with Crippen molar-refractivity contribution >= 4 is 47.4 Å². The van der Waals surface area contributed by atoms with Gasteiger partial charge in [-0.1, -0.05) is 189 Å². The third kappa shape index (κ3) is 8.35. The van der Waals surface area contributed by atoms with Crippen molar-refractivity contribution in [2.75, 3.05) is 9.80 Å². The molecule has 0 saturated carbocycles. The maximum Gasteiger partial charge on any atom is 0.0775 e. The van der Waals surface area contributed by atoms with Crippen LogP contribution < -0.4 is 15.0 Å². The zero-order valence-electron chi connectivity index (χ0n) is 34.4. The monoisotopic (exact) mass is 788 g/mol. The molecule has 0 N–H and O–H groups in total. The van der Waals surface area contributed by atoms with Gasteiger partial charge in [-0.25, -0.2) is 0 Å². The molecule has 0 spiro atoms. The molecular formula is C57H48N2Si. The highest BCUT2D eigenvalue weighted by molar-refractivity contribution is 6.88. The summed E-state index contributed by atoms with van der Waals surface area (Å²) in [6.45, 7) is 7.20. The summed E-state index contributed by atoms with van der Waals surface area (Å²) >= 11 is 0. The molecule has 0 saturated heterocycles. The molecule has 290 valence electrons. The zero-order valence-corrected chi connectivity index (χ0v) is 35.4. The van der Waals surface area contributed by atoms with Crippen LogP contribution in [-0.2, 0) is 0 Å². The van der Waals surface area contributed by atoms with Crippen LogP contribution in [-0.4, -0.2) is 8.07 Å². The summed E-state index contributed by atoms with van der Waals surface area (Å²) in [7, 11) is -1.43. The normalized spacial score (nSPS) is 11.2. The van der Waals surface area contributed by atoms with Crippen LogP contribution in [0.2, 0.25) is 19.6 Å². The van der Waals surface area contributed by atoms with Gasteiger partial charge >= 0.3 is 0 Å². The molecule has 60 heavy (non-hydrogen) atoms. The fourth-order valence-corrected chi connectivity index (χ4v) is 9.10. The smallest absolute Gasteiger partial charge is 0.0775 e. The van der Waals surface area contributed by atoms with Crippen molar-refractivity contribution in [2.45, 2.75) is 19.6 Å². The van der Waals surface area contributed by atoms with Crippen LogP contribution in [0.3, 0.4) is 0 Å². The molecule has 0 bridgehead atoms. The average Bonchev–Trinajstić information content (AvgIpc) is 3.31. The molecule has 3 heteroatoms. The van der Waals surface area contributed by atoms with Gasteiger partial charge in [0.25, 0.3) is 0 Å². The molecular weight excluding hydrogens is 741 g/mol. The van der Waals surface area contributed by atoms with Crippen molar-refractivity contribution in [3.8, 4) is 44.5 Å². The molecule has 0 atom stereocenters. The summed E-state index contributed by atoms with van der Waals surface area (Å²) in [4.78, 5) is 4.69. The Morgan fingerprint density at radius 2 is 0.500 bits per heavy atom. The summed E-state index contributed by atoms with van der Waals surface area (Å²) in [6, 6.07) is 85.5. The number of hydrogen-bond donors (Lipinski definition) is 0. The fraction of sp³-hybridized carbons (Fsp3) is 0.0526. The first-order chi connectivity index (χ1) is 29.4. The van der Waals surface area contributed by atoms with E-state index >= 15 is 0 Å². The molecule has 0 aliphatic heterocycles. The van der Waals surface area contributed by atoms with Crippen molar-refractivity contribution in [1.29, 1.82) is 0 Å². The van der Waals surface area contributed by atoms with Crippen molar-refractivity contribution in [3.63, 3.8) is 0 Å². The summed E-state index contributed by atoms with van der Waals surface area (Å²) in [5, 5.41) is 1.46. The fourth-order valence-electron chi connectivity index (χ4n) is 7.93. The van der Waals surface area contributed by atoms with Crippen molar-refractivity contribution in [3.05, 3.63) is 237 Å². The lowest BCUT2D eigenvalue weighted by atomic mass is 9.99. The van der Waals surface area contributed by atoms with Crippen LogP contribution in [0.4, 0.5) is 34.1 Å². The Bertz CT molecular complexity index is 2780. The Hall–Kier alpha value is -7.20. The van der Waals surface area contributed by atoms with E-state index in [9.17, 15) is 0 Å². The number of para-hydroxylation sites is 1. The molecule has 0 heterocycles. The lowest BCUT2D eigenvalue weighted by Gasteiger charge is -2.27. The van der Waals surface area contributed by atoms with Gasteiger partial charge in [-0.3, -0.25) is 0 Å². The first-order valence-electron chi connectivity index (χ1n) is 20.8. The van der Waals surface area contributed by atoms with Gasteiger partial charge in [0.05, 0.1) is 8.07 Å². The minimum absolute atomic E-state index is 1.11. The minimum Gasteiger partial charge on any atom is -0.311 e. The highest BCUT2D eigenvalue weighted by atomic mass is 28.3. The van der Waals surface area contributed by atoms with Gasteiger partial charge in [-0.15, -0.1) is 0 Å². The van der Waals surface area contributed by atoms with E-state index in [1.807, 2.05) is 0 Å². The van der Waals surface area contributed by atoms with Gasteiger partial charge in [0.15, 0.2) is 0 Å². The van der Waals surface area contributed by atoms with Crippen molar-refractivity contribution < 1.29 is 0 Å². The standard InChI is InChI=1S/C57H48N2Si/c1-60(2,3)57-40-38-55(39-41-57)58(52-32-26-47(27-33-52)43-14-7-4-8-15-43)53-34-28-48(29-35-53)45-22-24-46(25-23-45)49-30-36-54(37-31-49)59(51-19-11-6-12-20-51)56-21-13-18-50(42-56)44-16-9-5-10-17-44/h4-42H,1-3H3. The van der Waals surface area contributed by atoms with Crippen molar-refractivity contribution in [2.24, 2.45) is 0 Å². The van der Waals surface area contributed by atoms with Crippen LogP contribution in [0.1, 0.15) is 0 Å². The first-order valence-corrected chi connectivity index (χ1v) is 24.3. The van der Waals surface area contributed by atoms with E-state index in [4.69, 9.17) is 0 Å². The summed E-state index contributed by atoms with van der Waals surface area (Å²) in [5.74, 6) is 0. The topological polar surface area (TPSA) is 6.48 Å². The number of benzene rings is 9. The lowest BCUT2D eigenvalue weighted by Crippen LogP contribution is -2.37. The molecule has 9 aromatic rings. The SMILES string of the molecule is C[Si](C)(C)c1ccc(N(c2ccc(-c3ccccc3)cc2)c2ccc(-c3ccc(-c4ccc(N(c5ccccc5)c5cccc(-c6ccccc6)c5)cc4)cc3)cc2)cc1. The Labute approximate surface area is 356 Å². The van der Waals surface area contributed by atoms with Crippen LogP contribution in [0.5, 0.6) is 0 Å². The van der Waals surface area contributed by atoms with E-state index in [0.717, 1.165) is 34.1 Å². The number of anilines is 6. The Morgan fingerprint density at radius 3 is 0.900 bits per heavy atom. The first kappa shape index (κ1) is 38.3. The van der Waals surface area contributed by atoms with Crippen LogP contribution in [0.15, 0.2) is 237 Å². The molecule has 2 nitrogen and oxygen atoms in total. The Morgan fingerprint density at radius 1 is 0.233 bits per heavy atom. The second-order valence-corrected chi connectivity index (χ2v) is 21.4. The van der Waals surface area contributed by atoms with E-state index in [1.165, 1.54) is 49.7 Å². The lowest BCUT2D eigenvalue weighted by molar-refractivity contribution is 1.28. The molecule has 0 aliphatic carbocycles. The molecule has 0 amide bonds. The second kappa shape index (κ2) is 17.0. The predicted molar refractivity (Wildman–Crippen MR) is 261 cm³/mol. The maximum absolute atomic E-state index is 2.40. The van der Waals surface area contributed by atoms with Crippen molar-refractivity contribution in [1.82, 2.24) is 0 Å². The quantitative estimate of drug-likeness (QED) is 0.120. The molecule has 0 unspecified atom stereocenters. The second-order valence-electron chi connectivity index (χ2n) is 16.3. The molecule has 9 aromatic carbocycles. The number of rotatable bonds is 11. The summed E-state index contributed by atoms with van der Waals surface area (Å²) in [5.41, 5.74) is 16.3. The third-order valence-electron chi connectivity index (χ3n) is 11.3. The zero-order chi connectivity index (χ0) is 40.9. The van der Waals surface area contributed by atoms with E-state index in [2.05, 4.69) is 266 Å². The average molecular weight is 789 g/mol. The number of hydrogen-bond acceptors (Lipinski definition) is 2. The predicted octanol–water partition coefficient (Wildman–Crippen LogP) is 15.8. The third-order valence-corrected chi connectivity index (χ3v) is 13.3. The molecule has 0 fully saturated rings. The Kier molecular flexibility index (Phi) is 10.8. The van der Waals surface area contributed by atoms with Crippen LogP contribution >= 0.6 is 0 Å². The highest BCUT2D eigenvalue weighted by Crippen LogP contribution is 2.39. The molecule has 0 aliphatic rings. The van der Waals surface area contributed by atoms with E-state index in [1.54, 1.807) is 0 Å². The van der Waals surface area contributed by atoms with Gasteiger partial charge in [0.1, 0.15) is 0 Å². The van der Waals surface area contributed by atoms with Gasteiger partial charge in [-0.2, -0.15) is 0 Å². The maximum atomic E-state index is 2.40. The van der Waals surface area contributed by atoms with E-state index in [-0.39, 0.29) is 0 Å². The summed E-state index contributed by atoms with van der Waals surface area (Å²) < 4.78 is 0. The number of nitrogens with zero attached hydrogens (tertiary/aromatic N) is 2. The van der Waals surface area contributed by atoms with E-state index < -0.39 is 8.07 Å². The van der Waals surface area contributed by atoms with Gasteiger partial charge in [0.2, 0.25) is 0 Å².